The highest BCUT2D eigenvalue weighted by molar-refractivity contribution is 5.63. The van der Waals surface area contributed by atoms with Crippen LogP contribution in [0.5, 0.6) is 11.5 Å². The summed E-state index contributed by atoms with van der Waals surface area (Å²) < 4.78 is 16.8. The molecule has 2 aromatic heterocycles. The molecule has 3 aromatic rings. The van der Waals surface area contributed by atoms with Crippen molar-refractivity contribution in [3.63, 3.8) is 0 Å². The van der Waals surface area contributed by atoms with Crippen LogP contribution in [-0.4, -0.2) is 28.3 Å². The number of benzene rings is 1. The molecule has 0 saturated carbocycles. The quantitative estimate of drug-likeness (QED) is 0.659. The average Bonchev–Trinajstić information content (AvgIpc) is 3.07. The number of pyridine rings is 1. The van der Waals surface area contributed by atoms with E-state index in [9.17, 15) is 0 Å². The van der Waals surface area contributed by atoms with Crippen LogP contribution >= 0.6 is 0 Å². The summed E-state index contributed by atoms with van der Waals surface area (Å²) in [5.41, 5.74) is 1.48. The molecule has 0 N–H and O–H groups in total. The minimum absolute atomic E-state index is 0.411. The highest BCUT2D eigenvalue weighted by Gasteiger charge is 2.15. The first-order chi connectivity index (χ1) is 13.8. The van der Waals surface area contributed by atoms with Crippen LogP contribution in [0.3, 0.4) is 0 Å². The zero-order valence-electron chi connectivity index (χ0n) is 15.9. The lowest BCUT2D eigenvalue weighted by Gasteiger charge is -2.11. The van der Waals surface area contributed by atoms with E-state index < -0.39 is 0 Å². The van der Waals surface area contributed by atoms with Crippen molar-refractivity contribution in [1.29, 1.82) is 0 Å². The molecule has 0 saturated heterocycles. The Balaban J connectivity index is 1.74. The fourth-order valence-electron chi connectivity index (χ4n) is 3.08. The summed E-state index contributed by atoms with van der Waals surface area (Å²) in [7, 11) is 0. The number of fused-ring (bicyclic) bond motifs is 1. The van der Waals surface area contributed by atoms with Crippen LogP contribution in [-0.2, 0) is 0 Å². The average molecular weight is 375 g/mol. The molecule has 0 amide bonds. The molecule has 142 valence electrons. The summed E-state index contributed by atoms with van der Waals surface area (Å²) in [4.78, 5) is 9.06. The van der Waals surface area contributed by atoms with E-state index in [1.54, 1.807) is 6.20 Å². The number of ether oxygens (including phenoxy) is 2. The van der Waals surface area contributed by atoms with Crippen molar-refractivity contribution in [3.05, 3.63) is 53.1 Å². The molecule has 0 radical (unpaired) electrons. The molecule has 1 aromatic carbocycles. The van der Waals surface area contributed by atoms with Gasteiger partial charge in [-0.25, -0.2) is 0 Å². The monoisotopic (exact) mass is 375 g/mol. The first-order valence-electron chi connectivity index (χ1n) is 9.36. The van der Waals surface area contributed by atoms with Gasteiger partial charge in [-0.3, -0.25) is 4.98 Å². The van der Waals surface area contributed by atoms with Gasteiger partial charge in [-0.05, 0) is 49.8 Å². The van der Waals surface area contributed by atoms with E-state index in [0.717, 1.165) is 22.4 Å². The predicted molar refractivity (Wildman–Crippen MR) is 107 cm³/mol. The van der Waals surface area contributed by atoms with Crippen LogP contribution in [0, 0.1) is 0 Å². The Hall–Kier alpha value is -3.41. The van der Waals surface area contributed by atoms with Crippen molar-refractivity contribution in [2.75, 3.05) is 13.2 Å². The minimum Gasteiger partial charge on any atom is -0.490 e. The van der Waals surface area contributed by atoms with E-state index in [1.165, 1.54) is 0 Å². The highest BCUT2D eigenvalue weighted by atomic mass is 16.5. The maximum atomic E-state index is 5.69. The molecular weight excluding hydrogens is 354 g/mol. The maximum absolute atomic E-state index is 5.69. The SMILES string of the molecule is CCOc1ccc(-c2nc(-c3nccc4c3=CCC=CC=4)no2)cc1OCC. The van der Waals surface area contributed by atoms with Gasteiger partial charge in [0.05, 0.1) is 13.2 Å². The van der Waals surface area contributed by atoms with Crippen LogP contribution in [0.4, 0.5) is 0 Å². The minimum atomic E-state index is 0.411. The summed E-state index contributed by atoms with van der Waals surface area (Å²) in [6.07, 6.45) is 10.9. The molecule has 28 heavy (non-hydrogen) atoms. The Kier molecular flexibility index (Phi) is 5.19. The molecule has 6 nitrogen and oxygen atoms in total. The summed E-state index contributed by atoms with van der Waals surface area (Å²) in [6.45, 7) is 4.98. The van der Waals surface area contributed by atoms with E-state index in [-0.39, 0.29) is 0 Å². The first-order valence-corrected chi connectivity index (χ1v) is 9.36. The number of nitrogens with zero attached hydrogens (tertiary/aromatic N) is 3. The van der Waals surface area contributed by atoms with E-state index in [4.69, 9.17) is 14.0 Å². The second-order valence-corrected chi connectivity index (χ2v) is 6.15. The molecule has 0 bridgehead atoms. The Morgan fingerprint density at radius 1 is 1.07 bits per heavy atom. The van der Waals surface area contributed by atoms with Gasteiger partial charge in [0.15, 0.2) is 11.5 Å². The van der Waals surface area contributed by atoms with E-state index in [1.807, 2.05) is 44.2 Å². The third-order valence-electron chi connectivity index (χ3n) is 4.32. The zero-order chi connectivity index (χ0) is 19.3. The normalized spacial score (nSPS) is 12.5. The van der Waals surface area contributed by atoms with Crippen molar-refractivity contribution < 1.29 is 14.0 Å². The van der Waals surface area contributed by atoms with Crippen LogP contribution < -0.4 is 19.9 Å². The van der Waals surface area contributed by atoms with Crippen molar-refractivity contribution >= 4 is 12.2 Å². The van der Waals surface area contributed by atoms with Gasteiger partial charge in [0.25, 0.3) is 5.89 Å². The molecule has 0 spiro atoms. The second kappa shape index (κ2) is 8.08. The van der Waals surface area contributed by atoms with Crippen molar-refractivity contribution in [2.24, 2.45) is 0 Å². The van der Waals surface area contributed by atoms with Crippen molar-refractivity contribution in [1.82, 2.24) is 15.1 Å². The van der Waals surface area contributed by atoms with Crippen LogP contribution in [0.2, 0.25) is 0 Å². The Labute approximate surface area is 162 Å². The topological polar surface area (TPSA) is 70.3 Å². The highest BCUT2D eigenvalue weighted by Crippen LogP contribution is 2.32. The van der Waals surface area contributed by atoms with Crippen LogP contribution in [0.25, 0.3) is 35.1 Å². The molecule has 6 heteroatoms. The molecule has 1 aliphatic rings. The molecular formula is C22H21N3O3. The first kappa shape index (κ1) is 18.0. The standard InChI is InChI=1S/C22H21N3O3/c1-3-26-18-11-10-16(14-19(18)27-4-2)22-24-21(25-28-22)20-17-9-7-5-6-8-15(17)12-13-23-20/h5-6,8-14H,3-4,7H2,1-2H3. The number of aromatic nitrogens is 3. The third kappa shape index (κ3) is 3.53. The van der Waals surface area contributed by atoms with Gasteiger partial charge in [0, 0.05) is 17.0 Å². The molecule has 0 fully saturated rings. The fraction of sp³-hybridized carbons (Fsp3) is 0.227. The van der Waals surface area contributed by atoms with E-state index in [0.29, 0.717) is 42.1 Å². The second-order valence-electron chi connectivity index (χ2n) is 6.15. The van der Waals surface area contributed by atoms with Crippen LogP contribution in [0.1, 0.15) is 20.3 Å². The number of rotatable bonds is 6. The lowest BCUT2D eigenvalue weighted by molar-refractivity contribution is 0.288. The van der Waals surface area contributed by atoms with Gasteiger partial charge in [-0.1, -0.05) is 29.5 Å². The van der Waals surface area contributed by atoms with Gasteiger partial charge in [-0.2, -0.15) is 4.98 Å². The van der Waals surface area contributed by atoms with Gasteiger partial charge in [0.2, 0.25) is 5.82 Å². The molecule has 1 aliphatic carbocycles. The fourth-order valence-corrected chi connectivity index (χ4v) is 3.08. The van der Waals surface area contributed by atoms with Gasteiger partial charge < -0.3 is 14.0 Å². The summed E-state index contributed by atoms with van der Waals surface area (Å²) in [6, 6.07) is 7.57. The molecule has 4 rings (SSSR count). The lowest BCUT2D eigenvalue weighted by atomic mass is 10.2. The van der Waals surface area contributed by atoms with Gasteiger partial charge in [0.1, 0.15) is 5.69 Å². The maximum Gasteiger partial charge on any atom is 0.258 e. The Morgan fingerprint density at radius 3 is 2.79 bits per heavy atom. The smallest absolute Gasteiger partial charge is 0.258 e. The lowest BCUT2D eigenvalue weighted by Crippen LogP contribution is -2.27. The van der Waals surface area contributed by atoms with Crippen molar-refractivity contribution in [2.45, 2.75) is 20.3 Å². The number of allylic oxidation sites excluding steroid dienone is 2. The Bertz CT molecular complexity index is 1130. The van der Waals surface area contributed by atoms with Gasteiger partial charge >= 0.3 is 0 Å². The van der Waals surface area contributed by atoms with Gasteiger partial charge in [-0.15, -0.1) is 0 Å². The molecule has 0 atom stereocenters. The molecule has 0 unspecified atom stereocenters. The molecule has 2 heterocycles. The predicted octanol–water partition coefficient (Wildman–Crippen LogP) is 3.12. The van der Waals surface area contributed by atoms with Crippen LogP contribution in [0.15, 0.2) is 47.1 Å². The molecule has 0 aliphatic heterocycles. The Morgan fingerprint density at radius 2 is 1.93 bits per heavy atom. The van der Waals surface area contributed by atoms with Crippen molar-refractivity contribution in [3.8, 4) is 34.5 Å². The van der Waals surface area contributed by atoms with E-state index >= 15 is 0 Å². The summed E-state index contributed by atoms with van der Waals surface area (Å²) in [5, 5.41) is 6.26. The third-order valence-corrected chi connectivity index (χ3v) is 4.32. The zero-order valence-corrected chi connectivity index (χ0v) is 15.9. The number of hydrogen-bond donors (Lipinski definition) is 0. The summed E-state index contributed by atoms with van der Waals surface area (Å²) >= 11 is 0. The summed E-state index contributed by atoms with van der Waals surface area (Å²) in [5.74, 6) is 2.22. The number of hydrogen-bond acceptors (Lipinski definition) is 6. The largest absolute Gasteiger partial charge is 0.490 e. The van der Waals surface area contributed by atoms with E-state index in [2.05, 4.69) is 33.4 Å².